The Morgan fingerprint density at radius 1 is 1.00 bits per heavy atom. The van der Waals surface area contributed by atoms with Gasteiger partial charge >= 0.3 is 0 Å². The van der Waals surface area contributed by atoms with E-state index in [0.29, 0.717) is 34.4 Å². The number of hydrogen-bond acceptors (Lipinski definition) is 4. The number of carbonyl (C=O) groups excluding carboxylic acids is 1. The highest BCUT2D eigenvalue weighted by Crippen LogP contribution is 2.34. The molecule has 0 bridgehead atoms. The summed E-state index contributed by atoms with van der Waals surface area (Å²) in [6, 6.07) is 23.0. The Hall–Kier alpha value is -3.77. The first-order chi connectivity index (χ1) is 16.0. The smallest absolute Gasteiger partial charge is 0.260 e. The Labute approximate surface area is 197 Å². The van der Waals surface area contributed by atoms with Crippen LogP contribution in [0.15, 0.2) is 72.8 Å². The second-order valence-electron chi connectivity index (χ2n) is 7.49. The van der Waals surface area contributed by atoms with Gasteiger partial charge in [0.2, 0.25) is 0 Å². The summed E-state index contributed by atoms with van der Waals surface area (Å²) >= 11 is 6.55. The van der Waals surface area contributed by atoms with E-state index in [2.05, 4.69) is 10.4 Å². The fourth-order valence-electron chi connectivity index (χ4n) is 3.65. The Balaban J connectivity index is 1.60. The lowest BCUT2D eigenvalue weighted by molar-refractivity contribution is 0.102. The van der Waals surface area contributed by atoms with Crippen LogP contribution in [0.5, 0.6) is 11.5 Å². The first-order valence-electron chi connectivity index (χ1n) is 10.4. The van der Waals surface area contributed by atoms with Gasteiger partial charge in [-0.05, 0) is 48.4 Å². The SMILES string of the molecule is COc1ccc(-c2cc(NC(=O)c3c(C)nn(Cc4ccccc4)c3Cl)ccc2OC)cc1. The van der Waals surface area contributed by atoms with Crippen molar-refractivity contribution in [2.45, 2.75) is 13.5 Å². The lowest BCUT2D eigenvalue weighted by Crippen LogP contribution is -2.13. The number of anilines is 1. The summed E-state index contributed by atoms with van der Waals surface area (Å²) in [7, 11) is 3.24. The normalized spacial score (nSPS) is 10.7. The number of nitrogens with zero attached hydrogens (tertiary/aromatic N) is 2. The predicted octanol–water partition coefficient (Wildman–Crippen LogP) is 5.83. The maximum atomic E-state index is 13.1. The maximum Gasteiger partial charge on any atom is 0.260 e. The topological polar surface area (TPSA) is 65.4 Å². The largest absolute Gasteiger partial charge is 0.497 e. The number of benzene rings is 3. The molecule has 0 spiro atoms. The zero-order chi connectivity index (χ0) is 23.4. The lowest BCUT2D eigenvalue weighted by Gasteiger charge is -2.12. The minimum absolute atomic E-state index is 0.303. The first kappa shape index (κ1) is 22.4. The molecule has 7 heteroatoms. The average Bonchev–Trinajstić information content (AvgIpc) is 3.12. The molecule has 1 N–H and O–H groups in total. The predicted molar refractivity (Wildman–Crippen MR) is 130 cm³/mol. The number of aromatic nitrogens is 2. The van der Waals surface area contributed by atoms with Crippen LogP contribution in [0.4, 0.5) is 5.69 Å². The maximum absolute atomic E-state index is 13.1. The van der Waals surface area contributed by atoms with Crippen molar-refractivity contribution in [3.8, 4) is 22.6 Å². The van der Waals surface area contributed by atoms with Crippen molar-refractivity contribution >= 4 is 23.2 Å². The monoisotopic (exact) mass is 461 g/mol. The van der Waals surface area contributed by atoms with Crippen molar-refractivity contribution in [1.29, 1.82) is 0 Å². The molecule has 1 aromatic heterocycles. The van der Waals surface area contributed by atoms with Gasteiger partial charge in [0.25, 0.3) is 5.91 Å². The van der Waals surface area contributed by atoms with E-state index >= 15 is 0 Å². The zero-order valence-electron chi connectivity index (χ0n) is 18.6. The van der Waals surface area contributed by atoms with Crippen LogP contribution in [0, 0.1) is 6.92 Å². The molecule has 1 heterocycles. The van der Waals surface area contributed by atoms with E-state index in [-0.39, 0.29) is 5.91 Å². The lowest BCUT2D eigenvalue weighted by atomic mass is 10.0. The fourth-order valence-corrected chi connectivity index (χ4v) is 3.97. The third kappa shape index (κ3) is 4.86. The van der Waals surface area contributed by atoms with Crippen LogP contribution in [0.2, 0.25) is 5.15 Å². The number of nitrogens with one attached hydrogen (secondary N) is 1. The summed E-state index contributed by atoms with van der Waals surface area (Å²) in [6.07, 6.45) is 0. The van der Waals surface area contributed by atoms with Crippen LogP contribution in [-0.4, -0.2) is 29.9 Å². The molecular weight excluding hydrogens is 438 g/mol. The van der Waals surface area contributed by atoms with Gasteiger partial charge in [0.15, 0.2) is 0 Å². The van der Waals surface area contributed by atoms with Crippen LogP contribution >= 0.6 is 11.6 Å². The van der Waals surface area contributed by atoms with Gasteiger partial charge in [0.05, 0.1) is 32.0 Å². The average molecular weight is 462 g/mol. The molecule has 3 aromatic carbocycles. The number of methoxy groups -OCH3 is 2. The third-order valence-corrected chi connectivity index (χ3v) is 5.71. The number of aryl methyl sites for hydroxylation is 1. The summed E-state index contributed by atoms with van der Waals surface area (Å²) in [4.78, 5) is 13.1. The minimum atomic E-state index is -0.317. The molecule has 0 radical (unpaired) electrons. The summed E-state index contributed by atoms with van der Waals surface area (Å²) < 4.78 is 12.4. The Kier molecular flexibility index (Phi) is 6.66. The Morgan fingerprint density at radius 3 is 2.39 bits per heavy atom. The molecule has 0 unspecified atom stereocenters. The summed E-state index contributed by atoms with van der Waals surface area (Å²) in [5.41, 5.74) is 4.38. The summed E-state index contributed by atoms with van der Waals surface area (Å²) in [5, 5.41) is 7.72. The van der Waals surface area contributed by atoms with E-state index in [1.54, 1.807) is 31.9 Å². The van der Waals surface area contributed by atoms with Gasteiger partial charge in [-0.3, -0.25) is 4.79 Å². The standard InChI is InChI=1S/C26H24ClN3O3/c1-17-24(25(27)30(29-17)16-18-7-5-4-6-8-18)26(31)28-20-11-14-23(33-3)22(15-20)19-9-12-21(32-2)13-10-19/h4-15H,16H2,1-3H3,(H,28,31). The van der Waals surface area contributed by atoms with Gasteiger partial charge in [-0.25, -0.2) is 4.68 Å². The number of halogens is 1. The molecule has 0 aliphatic carbocycles. The van der Waals surface area contributed by atoms with Gasteiger partial charge < -0.3 is 14.8 Å². The van der Waals surface area contributed by atoms with Crippen molar-refractivity contribution in [3.05, 3.63) is 94.8 Å². The molecule has 168 valence electrons. The Morgan fingerprint density at radius 2 is 1.73 bits per heavy atom. The highest BCUT2D eigenvalue weighted by molar-refractivity contribution is 6.33. The van der Waals surface area contributed by atoms with Crippen molar-refractivity contribution in [2.75, 3.05) is 19.5 Å². The van der Waals surface area contributed by atoms with E-state index in [9.17, 15) is 4.79 Å². The van der Waals surface area contributed by atoms with E-state index in [1.165, 1.54) is 0 Å². The van der Waals surface area contributed by atoms with Gasteiger partial charge in [-0.2, -0.15) is 5.10 Å². The molecular formula is C26H24ClN3O3. The number of amides is 1. The fraction of sp³-hybridized carbons (Fsp3) is 0.154. The third-order valence-electron chi connectivity index (χ3n) is 5.33. The van der Waals surface area contributed by atoms with Gasteiger partial charge in [0.1, 0.15) is 16.7 Å². The van der Waals surface area contributed by atoms with Crippen LogP contribution in [0.25, 0.3) is 11.1 Å². The van der Waals surface area contributed by atoms with Gasteiger partial charge in [-0.1, -0.05) is 54.1 Å². The highest BCUT2D eigenvalue weighted by Gasteiger charge is 2.21. The molecule has 6 nitrogen and oxygen atoms in total. The molecule has 4 rings (SSSR count). The van der Waals surface area contributed by atoms with Crippen LogP contribution < -0.4 is 14.8 Å². The molecule has 0 saturated heterocycles. The van der Waals surface area contributed by atoms with E-state index in [1.807, 2.05) is 66.7 Å². The highest BCUT2D eigenvalue weighted by atomic mass is 35.5. The summed E-state index contributed by atoms with van der Waals surface area (Å²) in [6.45, 7) is 2.26. The van der Waals surface area contributed by atoms with Crippen LogP contribution in [-0.2, 0) is 6.54 Å². The summed E-state index contributed by atoms with van der Waals surface area (Å²) in [5.74, 6) is 1.14. The van der Waals surface area contributed by atoms with E-state index < -0.39 is 0 Å². The molecule has 1 amide bonds. The number of ether oxygens (including phenoxy) is 2. The minimum Gasteiger partial charge on any atom is -0.497 e. The number of hydrogen-bond donors (Lipinski definition) is 1. The second kappa shape index (κ2) is 9.79. The molecule has 0 atom stereocenters. The molecule has 0 saturated carbocycles. The van der Waals surface area contributed by atoms with Crippen LogP contribution in [0.1, 0.15) is 21.6 Å². The van der Waals surface area contributed by atoms with E-state index in [0.717, 1.165) is 22.4 Å². The quantitative estimate of drug-likeness (QED) is 0.376. The van der Waals surface area contributed by atoms with Crippen molar-refractivity contribution in [3.63, 3.8) is 0 Å². The van der Waals surface area contributed by atoms with Gasteiger partial charge in [0, 0.05) is 11.3 Å². The van der Waals surface area contributed by atoms with Gasteiger partial charge in [-0.15, -0.1) is 0 Å². The molecule has 0 fully saturated rings. The molecule has 4 aromatic rings. The zero-order valence-corrected chi connectivity index (χ0v) is 19.4. The van der Waals surface area contributed by atoms with Crippen LogP contribution in [0.3, 0.4) is 0 Å². The second-order valence-corrected chi connectivity index (χ2v) is 7.85. The Bertz CT molecular complexity index is 1270. The van der Waals surface area contributed by atoms with Crippen molar-refractivity contribution in [2.24, 2.45) is 0 Å². The van der Waals surface area contributed by atoms with Crippen molar-refractivity contribution < 1.29 is 14.3 Å². The molecule has 0 aliphatic rings. The van der Waals surface area contributed by atoms with Crippen molar-refractivity contribution in [1.82, 2.24) is 9.78 Å². The molecule has 33 heavy (non-hydrogen) atoms. The first-order valence-corrected chi connectivity index (χ1v) is 10.8. The number of rotatable bonds is 7. The number of carbonyl (C=O) groups is 1. The van der Waals surface area contributed by atoms with E-state index in [4.69, 9.17) is 21.1 Å². The molecule has 0 aliphatic heterocycles.